The number of phenolic OH excluding ortho intramolecular Hbond substituents is 1. The molecule has 2 N–H and O–H groups in total. The van der Waals surface area contributed by atoms with Gasteiger partial charge in [0.1, 0.15) is 5.75 Å². The summed E-state index contributed by atoms with van der Waals surface area (Å²) in [5.41, 5.74) is 3.25. The number of fused-ring (bicyclic) bond motifs is 1. The molecule has 4 aromatic rings. The van der Waals surface area contributed by atoms with Gasteiger partial charge in [-0.1, -0.05) is 33.8 Å². The lowest BCUT2D eigenvalue weighted by Gasteiger charge is -2.10. The minimum atomic E-state index is -0.0463. The summed E-state index contributed by atoms with van der Waals surface area (Å²) in [4.78, 5) is 21.5. The van der Waals surface area contributed by atoms with E-state index in [0.717, 1.165) is 30.3 Å². The largest absolute Gasteiger partial charge is 0.506 e. The highest BCUT2D eigenvalue weighted by atomic mass is 79.9. The fraction of sp³-hybridized carbons (Fsp3) is 0.192. The number of aliphatic imine (C=N–C) groups is 1. The van der Waals surface area contributed by atoms with E-state index in [1.807, 2.05) is 36.4 Å². The standard InChI is InChI=1S/C26H23Br2N3O4S2/c1-34-21-6-3-15(9-22(21)35-2)7-8-29-24(32)14-36-26-31-20-5-4-18(12-23(20)37-26)30-13-16-10-17(27)11-19(28)25(16)33/h3-6,9-13,33H,7-8,14H2,1-2H3,(H,29,32). The van der Waals surface area contributed by atoms with Gasteiger partial charge in [0.2, 0.25) is 5.91 Å². The topological polar surface area (TPSA) is 93.0 Å². The summed E-state index contributed by atoms with van der Waals surface area (Å²) >= 11 is 9.68. The molecule has 192 valence electrons. The summed E-state index contributed by atoms with van der Waals surface area (Å²) in [5, 5.41) is 13.2. The lowest BCUT2D eigenvalue weighted by molar-refractivity contribution is -0.118. The van der Waals surface area contributed by atoms with E-state index in [-0.39, 0.29) is 17.4 Å². The van der Waals surface area contributed by atoms with E-state index >= 15 is 0 Å². The molecule has 0 bridgehead atoms. The fourth-order valence-electron chi connectivity index (χ4n) is 3.42. The minimum absolute atomic E-state index is 0.0463. The monoisotopic (exact) mass is 663 g/mol. The molecule has 0 aliphatic heterocycles. The van der Waals surface area contributed by atoms with Crippen LogP contribution in [0.15, 0.2) is 66.8 Å². The summed E-state index contributed by atoms with van der Waals surface area (Å²) in [7, 11) is 3.20. The number of nitrogens with one attached hydrogen (secondary N) is 1. The third-order valence-corrected chi connectivity index (χ3v) is 8.50. The normalized spacial score (nSPS) is 11.2. The molecule has 0 saturated heterocycles. The number of amides is 1. The van der Waals surface area contributed by atoms with Crippen molar-refractivity contribution in [2.45, 2.75) is 10.8 Å². The Hall–Kier alpha value is -2.60. The average molecular weight is 665 g/mol. The third kappa shape index (κ3) is 7.25. The molecular formula is C26H23Br2N3O4S2. The van der Waals surface area contributed by atoms with Crippen LogP contribution >= 0.6 is 55.0 Å². The van der Waals surface area contributed by atoms with E-state index in [2.05, 4.69) is 47.2 Å². The Morgan fingerprint density at radius 3 is 2.73 bits per heavy atom. The Labute approximate surface area is 239 Å². The van der Waals surface area contributed by atoms with Gasteiger partial charge in [0, 0.05) is 22.8 Å². The maximum Gasteiger partial charge on any atom is 0.230 e. The smallest absolute Gasteiger partial charge is 0.230 e. The molecule has 3 aromatic carbocycles. The van der Waals surface area contributed by atoms with E-state index in [1.54, 1.807) is 32.6 Å². The molecule has 0 aliphatic carbocycles. The zero-order chi connectivity index (χ0) is 26.4. The number of aromatic hydroxyl groups is 1. The fourth-order valence-corrected chi connectivity index (χ4v) is 6.61. The van der Waals surface area contributed by atoms with Gasteiger partial charge < -0.3 is 19.9 Å². The second kappa shape index (κ2) is 12.8. The maximum absolute atomic E-state index is 12.3. The van der Waals surface area contributed by atoms with Gasteiger partial charge in [-0.05, 0) is 70.4 Å². The maximum atomic E-state index is 12.3. The first-order valence-corrected chi connectivity index (χ1v) is 14.5. The second-order valence-electron chi connectivity index (χ2n) is 7.79. The molecule has 0 saturated carbocycles. The minimum Gasteiger partial charge on any atom is -0.506 e. The molecular weight excluding hydrogens is 642 g/mol. The number of hydrogen-bond acceptors (Lipinski definition) is 8. The van der Waals surface area contributed by atoms with E-state index in [4.69, 9.17) is 9.47 Å². The number of hydrogen-bond donors (Lipinski definition) is 2. The number of carbonyl (C=O) groups excluding carboxylic acids is 1. The number of phenols is 1. The van der Waals surface area contributed by atoms with Crippen molar-refractivity contribution in [2.24, 2.45) is 4.99 Å². The molecule has 1 aromatic heterocycles. The van der Waals surface area contributed by atoms with E-state index in [0.29, 0.717) is 34.5 Å². The van der Waals surface area contributed by atoms with Gasteiger partial charge in [-0.25, -0.2) is 4.98 Å². The Bertz CT molecular complexity index is 1460. The van der Waals surface area contributed by atoms with Gasteiger partial charge in [-0.2, -0.15) is 0 Å². The van der Waals surface area contributed by atoms with Crippen LogP contribution in [-0.2, 0) is 11.2 Å². The van der Waals surface area contributed by atoms with Crippen molar-refractivity contribution in [3.63, 3.8) is 0 Å². The van der Waals surface area contributed by atoms with Crippen LogP contribution in [0.1, 0.15) is 11.1 Å². The molecule has 1 heterocycles. The third-order valence-electron chi connectivity index (χ3n) is 5.27. The van der Waals surface area contributed by atoms with Crippen LogP contribution in [-0.4, -0.2) is 48.7 Å². The van der Waals surface area contributed by atoms with Crippen LogP contribution in [0.3, 0.4) is 0 Å². The Kier molecular flexibility index (Phi) is 9.47. The van der Waals surface area contributed by atoms with Crippen molar-refractivity contribution in [3.05, 3.63) is 68.6 Å². The summed E-state index contributed by atoms with van der Waals surface area (Å²) in [6.07, 6.45) is 2.31. The number of thiazole rings is 1. The molecule has 7 nitrogen and oxygen atoms in total. The van der Waals surface area contributed by atoms with Crippen molar-refractivity contribution in [2.75, 3.05) is 26.5 Å². The van der Waals surface area contributed by atoms with Gasteiger partial charge in [0.05, 0.1) is 40.3 Å². The van der Waals surface area contributed by atoms with Crippen molar-refractivity contribution < 1.29 is 19.4 Å². The van der Waals surface area contributed by atoms with Crippen molar-refractivity contribution in [3.8, 4) is 17.2 Å². The van der Waals surface area contributed by atoms with Gasteiger partial charge in [-0.3, -0.25) is 9.79 Å². The summed E-state index contributed by atoms with van der Waals surface area (Å²) in [6, 6.07) is 15.0. The molecule has 0 radical (unpaired) electrons. The molecule has 11 heteroatoms. The van der Waals surface area contributed by atoms with E-state index < -0.39 is 0 Å². The first kappa shape index (κ1) is 27.4. The molecule has 0 atom stereocenters. The molecule has 1 amide bonds. The van der Waals surface area contributed by atoms with Gasteiger partial charge in [0.15, 0.2) is 15.8 Å². The Morgan fingerprint density at radius 1 is 1.14 bits per heavy atom. The van der Waals surface area contributed by atoms with Crippen molar-refractivity contribution in [1.82, 2.24) is 10.3 Å². The number of benzene rings is 3. The quantitative estimate of drug-likeness (QED) is 0.144. The number of rotatable bonds is 10. The zero-order valence-corrected chi connectivity index (χ0v) is 24.8. The zero-order valence-electron chi connectivity index (χ0n) is 20.0. The van der Waals surface area contributed by atoms with Crippen LogP contribution < -0.4 is 14.8 Å². The first-order valence-electron chi connectivity index (χ1n) is 11.1. The van der Waals surface area contributed by atoms with Gasteiger partial charge in [0.25, 0.3) is 0 Å². The number of nitrogens with zero attached hydrogens (tertiary/aromatic N) is 2. The lowest BCUT2D eigenvalue weighted by Crippen LogP contribution is -2.27. The molecule has 0 spiro atoms. The number of methoxy groups -OCH3 is 2. The number of halogens is 2. The Balaban J connectivity index is 1.31. The predicted octanol–water partition coefficient (Wildman–Crippen LogP) is 6.75. The van der Waals surface area contributed by atoms with Crippen molar-refractivity contribution in [1.29, 1.82) is 0 Å². The molecule has 4 rings (SSSR count). The highest BCUT2D eigenvalue weighted by Crippen LogP contribution is 2.33. The SMILES string of the molecule is COc1ccc(CCNC(=O)CSc2nc3ccc(N=Cc4cc(Br)cc(Br)c4O)cc3s2)cc1OC. The Morgan fingerprint density at radius 2 is 1.95 bits per heavy atom. The number of thioether (sulfide) groups is 1. The van der Waals surface area contributed by atoms with Crippen LogP contribution in [0.4, 0.5) is 5.69 Å². The number of aromatic nitrogens is 1. The van der Waals surface area contributed by atoms with Crippen LogP contribution in [0.2, 0.25) is 0 Å². The van der Waals surface area contributed by atoms with Crippen LogP contribution in [0, 0.1) is 0 Å². The van der Waals surface area contributed by atoms with Gasteiger partial charge >= 0.3 is 0 Å². The molecule has 0 fully saturated rings. The molecule has 0 unspecified atom stereocenters. The van der Waals surface area contributed by atoms with Gasteiger partial charge in [-0.15, -0.1) is 11.3 Å². The summed E-state index contributed by atoms with van der Waals surface area (Å²) in [6.45, 7) is 0.528. The average Bonchev–Trinajstić information content (AvgIpc) is 3.30. The molecule has 37 heavy (non-hydrogen) atoms. The first-order chi connectivity index (χ1) is 17.9. The highest BCUT2D eigenvalue weighted by Gasteiger charge is 2.10. The lowest BCUT2D eigenvalue weighted by atomic mass is 10.1. The van der Waals surface area contributed by atoms with E-state index in [1.165, 1.54) is 23.1 Å². The number of carbonyl (C=O) groups is 1. The number of ether oxygens (including phenoxy) is 2. The summed E-state index contributed by atoms with van der Waals surface area (Å²) in [5.74, 6) is 1.72. The molecule has 0 aliphatic rings. The predicted molar refractivity (Wildman–Crippen MR) is 157 cm³/mol. The van der Waals surface area contributed by atoms with Crippen molar-refractivity contribution >= 4 is 83.0 Å². The highest BCUT2D eigenvalue weighted by molar-refractivity contribution is 9.11. The second-order valence-corrected chi connectivity index (χ2v) is 11.8. The van der Waals surface area contributed by atoms with Crippen LogP contribution in [0.25, 0.3) is 10.2 Å². The van der Waals surface area contributed by atoms with Crippen LogP contribution in [0.5, 0.6) is 17.2 Å². The summed E-state index contributed by atoms with van der Waals surface area (Å²) < 4.78 is 13.8. The van der Waals surface area contributed by atoms with E-state index in [9.17, 15) is 9.90 Å².